The molecule has 0 heterocycles. The lowest BCUT2D eigenvalue weighted by Crippen LogP contribution is -2.23. The highest BCUT2D eigenvalue weighted by atomic mass is 16.4. The zero-order valence-corrected chi connectivity index (χ0v) is 9.33. The molecule has 1 fully saturated rings. The fourth-order valence-corrected chi connectivity index (χ4v) is 2.44. The molecule has 1 aliphatic rings. The maximum absolute atomic E-state index is 11.0. The van der Waals surface area contributed by atoms with Crippen molar-refractivity contribution in [3.63, 3.8) is 0 Å². The summed E-state index contributed by atoms with van der Waals surface area (Å²) < 4.78 is 0. The number of carboxylic acid groups (broad SMARTS) is 1. The van der Waals surface area contributed by atoms with Crippen molar-refractivity contribution in [1.82, 2.24) is 0 Å². The highest BCUT2D eigenvalue weighted by Gasteiger charge is 2.26. The molecular weight excluding hydrogens is 176 g/mol. The number of carbonyl (C=O) groups is 1. The third kappa shape index (κ3) is 3.32. The van der Waals surface area contributed by atoms with Crippen LogP contribution >= 0.6 is 0 Å². The van der Waals surface area contributed by atoms with Crippen molar-refractivity contribution in [3.05, 3.63) is 0 Å². The molecule has 0 radical (unpaired) electrons. The number of carboxylic acids is 1. The predicted molar refractivity (Wildman–Crippen MR) is 57.2 cm³/mol. The Kier molecular flexibility index (Phi) is 4.43. The van der Waals surface area contributed by atoms with Crippen LogP contribution in [0, 0.1) is 17.8 Å². The quantitative estimate of drug-likeness (QED) is 0.752. The molecule has 0 amide bonds. The minimum Gasteiger partial charge on any atom is -0.481 e. The molecule has 2 heteroatoms. The van der Waals surface area contributed by atoms with Gasteiger partial charge in [0, 0.05) is 0 Å². The number of aliphatic carboxylic acids is 1. The summed E-state index contributed by atoms with van der Waals surface area (Å²) in [6, 6.07) is 0. The highest BCUT2D eigenvalue weighted by Crippen LogP contribution is 2.31. The summed E-state index contributed by atoms with van der Waals surface area (Å²) in [5, 5.41) is 9.07. The molecule has 0 aliphatic heterocycles. The number of hydrogen-bond donors (Lipinski definition) is 1. The zero-order chi connectivity index (χ0) is 10.6. The fourth-order valence-electron chi connectivity index (χ4n) is 2.44. The third-order valence-corrected chi connectivity index (χ3v) is 3.43. The maximum atomic E-state index is 11.0. The Morgan fingerprint density at radius 3 is 2.29 bits per heavy atom. The van der Waals surface area contributed by atoms with Gasteiger partial charge in [0.15, 0.2) is 0 Å². The summed E-state index contributed by atoms with van der Waals surface area (Å²) in [6.07, 6.45) is 7.33. The Bertz CT molecular complexity index is 181. The van der Waals surface area contributed by atoms with E-state index >= 15 is 0 Å². The van der Waals surface area contributed by atoms with E-state index in [4.69, 9.17) is 5.11 Å². The normalized spacial score (nSPS) is 21.1. The average Bonchev–Trinajstić information content (AvgIpc) is 2.15. The van der Waals surface area contributed by atoms with E-state index in [0.29, 0.717) is 5.92 Å². The number of hydrogen-bond acceptors (Lipinski definition) is 1. The smallest absolute Gasteiger partial charge is 0.306 e. The lowest BCUT2D eigenvalue weighted by Gasteiger charge is -2.26. The van der Waals surface area contributed by atoms with Crippen LogP contribution in [-0.4, -0.2) is 11.1 Å². The van der Waals surface area contributed by atoms with Gasteiger partial charge in [-0.25, -0.2) is 0 Å². The van der Waals surface area contributed by atoms with Crippen molar-refractivity contribution in [3.8, 4) is 0 Å². The van der Waals surface area contributed by atoms with Crippen molar-refractivity contribution in [2.24, 2.45) is 17.8 Å². The van der Waals surface area contributed by atoms with Crippen LogP contribution in [0.15, 0.2) is 0 Å². The molecular formula is C12H22O2. The summed E-state index contributed by atoms with van der Waals surface area (Å²) in [5.74, 6) is 0.213. The molecule has 1 saturated carbocycles. The molecule has 0 bridgehead atoms. The second-order valence-electron chi connectivity index (χ2n) is 4.93. The number of rotatable bonds is 4. The van der Waals surface area contributed by atoms with Crippen molar-refractivity contribution in [2.75, 3.05) is 0 Å². The van der Waals surface area contributed by atoms with Crippen LogP contribution in [0.3, 0.4) is 0 Å². The Labute approximate surface area is 86.7 Å². The van der Waals surface area contributed by atoms with Crippen LogP contribution in [0.1, 0.15) is 52.4 Å². The second kappa shape index (κ2) is 5.38. The Morgan fingerprint density at radius 2 is 1.86 bits per heavy atom. The molecule has 1 N–H and O–H groups in total. The average molecular weight is 198 g/mol. The van der Waals surface area contributed by atoms with Gasteiger partial charge in [-0.3, -0.25) is 4.79 Å². The monoisotopic (exact) mass is 198 g/mol. The van der Waals surface area contributed by atoms with Gasteiger partial charge in [-0.2, -0.15) is 0 Å². The topological polar surface area (TPSA) is 37.3 Å². The molecule has 0 aromatic heterocycles. The van der Waals surface area contributed by atoms with Gasteiger partial charge in [-0.15, -0.1) is 0 Å². The minimum absolute atomic E-state index is 0.127. The second-order valence-corrected chi connectivity index (χ2v) is 4.93. The van der Waals surface area contributed by atoms with Crippen LogP contribution in [-0.2, 0) is 4.79 Å². The molecule has 0 aromatic rings. The summed E-state index contributed by atoms with van der Waals surface area (Å²) >= 11 is 0. The highest BCUT2D eigenvalue weighted by molar-refractivity contribution is 5.70. The van der Waals surface area contributed by atoms with E-state index in [9.17, 15) is 4.79 Å². The van der Waals surface area contributed by atoms with Crippen LogP contribution in [0.4, 0.5) is 0 Å². The SMILES string of the molecule is CC(C)[C@@H](CC1CCCCC1)C(=O)O. The fraction of sp³-hybridized carbons (Fsp3) is 0.917. The first kappa shape index (κ1) is 11.5. The summed E-state index contributed by atoms with van der Waals surface area (Å²) in [7, 11) is 0. The van der Waals surface area contributed by atoms with E-state index in [2.05, 4.69) is 0 Å². The Balaban J connectivity index is 2.41. The van der Waals surface area contributed by atoms with Gasteiger partial charge in [0.1, 0.15) is 0 Å². The Hall–Kier alpha value is -0.530. The van der Waals surface area contributed by atoms with E-state index in [1.807, 2.05) is 13.8 Å². The maximum Gasteiger partial charge on any atom is 0.306 e. The standard InChI is InChI=1S/C12H22O2/c1-9(2)11(12(13)14)8-10-6-4-3-5-7-10/h9-11H,3-8H2,1-2H3,(H,13,14)/t11-/m1/s1. The molecule has 1 atom stereocenters. The zero-order valence-electron chi connectivity index (χ0n) is 9.33. The third-order valence-electron chi connectivity index (χ3n) is 3.43. The van der Waals surface area contributed by atoms with Crippen LogP contribution in [0.25, 0.3) is 0 Å². The molecule has 1 rings (SSSR count). The lowest BCUT2D eigenvalue weighted by molar-refractivity contribution is -0.144. The Morgan fingerprint density at radius 1 is 1.29 bits per heavy atom. The van der Waals surface area contributed by atoms with E-state index in [1.165, 1.54) is 32.1 Å². The summed E-state index contributed by atoms with van der Waals surface area (Å²) in [4.78, 5) is 11.0. The molecule has 0 unspecified atom stereocenters. The van der Waals surface area contributed by atoms with Gasteiger partial charge in [-0.1, -0.05) is 46.0 Å². The van der Waals surface area contributed by atoms with Gasteiger partial charge in [0.05, 0.1) is 5.92 Å². The van der Waals surface area contributed by atoms with Crippen LogP contribution in [0.2, 0.25) is 0 Å². The van der Waals surface area contributed by atoms with Gasteiger partial charge in [-0.05, 0) is 18.3 Å². The van der Waals surface area contributed by atoms with E-state index in [-0.39, 0.29) is 11.8 Å². The van der Waals surface area contributed by atoms with E-state index in [1.54, 1.807) is 0 Å². The van der Waals surface area contributed by atoms with Crippen molar-refractivity contribution in [2.45, 2.75) is 52.4 Å². The molecule has 2 nitrogen and oxygen atoms in total. The molecule has 0 aromatic carbocycles. The molecule has 14 heavy (non-hydrogen) atoms. The largest absolute Gasteiger partial charge is 0.481 e. The first-order valence-electron chi connectivity index (χ1n) is 5.84. The molecule has 0 saturated heterocycles. The molecule has 0 spiro atoms. The minimum atomic E-state index is -0.606. The lowest BCUT2D eigenvalue weighted by atomic mass is 9.79. The predicted octanol–water partition coefficient (Wildman–Crippen LogP) is 3.31. The summed E-state index contributed by atoms with van der Waals surface area (Å²) in [5.41, 5.74) is 0. The van der Waals surface area contributed by atoms with Gasteiger partial charge in [0.25, 0.3) is 0 Å². The summed E-state index contributed by atoms with van der Waals surface area (Å²) in [6.45, 7) is 4.03. The molecule has 1 aliphatic carbocycles. The molecule has 82 valence electrons. The van der Waals surface area contributed by atoms with Crippen LogP contribution in [0.5, 0.6) is 0 Å². The van der Waals surface area contributed by atoms with Crippen molar-refractivity contribution in [1.29, 1.82) is 0 Å². The van der Waals surface area contributed by atoms with Gasteiger partial charge in [0.2, 0.25) is 0 Å². The van der Waals surface area contributed by atoms with E-state index < -0.39 is 5.97 Å². The first-order valence-corrected chi connectivity index (χ1v) is 5.84. The first-order chi connectivity index (χ1) is 6.61. The van der Waals surface area contributed by atoms with Gasteiger partial charge >= 0.3 is 5.97 Å². The van der Waals surface area contributed by atoms with Crippen molar-refractivity contribution >= 4 is 5.97 Å². The van der Waals surface area contributed by atoms with Gasteiger partial charge < -0.3 is 5.11 Å². The van der Waals surface area contributed by atoms with Crippen molar-refractivity contribution < 1.29 is 9.90 Å². The van der Waals surface area contributed by atoms with Crippen LogP contribution < -0.4 is 0 Å². The van der Waals surface area contributed by atoms with E-state index in [0.717, 1.165) is 6.42 Å².